The molecule has 20 heavy (non-hydrogen) atoms. The van der Waals surface area contributed by atoms with Crippen molar-refractivity contribution in [1.29, 1.82) is 0 Å². The number of ether oxygens (including phenoxy) is 1. The molecule has 0 aromatic carbocycles. The van der Waals surface area contributed by atoms with Crippen LogP contribution in [0.2, 0.25) is 0 Å². The zero-order chi connectivity index (χ0) is 14.3. The van der Waals surface area contributed by atoms with Gasteiger partial charge < -0.3 is 30.1 Å². The molecule has 3 heterocycles. The minimum Gasteiger partial charge on any atom is -0.394 e. The fourth-order valence-corrected chi connectivity index (χ4v) is 2.50. The SMILES string of the molecule is OC[C@H]1O[C@@H](N2CN=C3C2=NC=NC[C@H]3O)[C@H](O)[C@@H]1O. The van der Waals surface area contributed by atoms with E-state index >= 15 is 0 Å². The molecule has 1 saturated heterocycles. The highest BCUT2D eigenvalue weighted by Gasteiger charge is 2.48. The number of aliphatic hydroxyl groups is 4. The molecule has 9 heteroatoms. The molecular weight excluding hydrogens is 268 g/mol. The second-order valence-electron chi connectivity index (χ2n) is 4.83. The van der Waals surface area contributed by atoms with Gasteiger partial charge in [-0.25, -0.2) is 4.99 Å². The van der Waals surface area contributed by atoms with Crippen molar-refractivity contribution in [3.05, 3.63) is 0 Å². The van der Waals surface area contributed by atoms with Gasteiger partial charge in [-0.1, -0.05) is 0 Å². The molecule has 0 bridgehead atoms. The van der Waals surface area contributed by atoms with Gasteiger partial charge in [-0.2, -0.15) is 0 Å². The van der Waals surface area contributed by atoms with Gasteiger partial charge in [0.05, 0.1) is 13.2 Å². The molecule has 3 rings (SSSR count). The topological polar surface area (TPSA) is 130 Å². The van der Waals surface area contributed by atoms with E-state index in [1.807, 2.05) is 0 Å². The first-order valence-corrected chi connectivity index (χ1v) is 6.31. The lowest BCUT2D eigenvalue weighted by atomic mass is 10.1. The van der Waals surface area contributed by atoms with Crippen LogP contribution in [0.5, 0.6) is 0 Å². The average Bonchev–Trinajstić information content (AvgIpc) is 2.92. The summed E-state index contributed by atoms with van der Waals surface area (Å²) >= 11 is 0. The quantitative estimate of drug-likeness (QED) is 0.426. The molecule has 0 radical (unpaired) electrons. The Morgan fingerprint density at radius 3 is 2.80 bits per heavy atom. The maximum absolute atomic E-state index is 10.0. The summed E-state index contributed by atoms with van der Waals surface area (Å²) in [5.74, 6) is 0.369. The summed E-state index contributed by atoms with van der Waals surface area (Å²) in [6.45, 7) is -0.0614. The molecule has 1 fully saturated rings. The summed E-state index contributed by atoms with van der Waals surface area (Å²) in [7, 11) is 0. The molecule has 0 unspecified atom stereocenters. The largest absolute Gasteiger partial charge is 0.394 e. The van der Waals surface area contributed by atoms with Crippen LogP contribution in [0.3, 0.4) is 0 Å². The van der Waals surface area contributed by atoms with Crippen molar-refractivity contribution in [2.24, 2.45) is 15.0 Å². The highest BCUT2D eigenvalue weighted by atomic mass is 16.6. The fraction of sp³-hybridized carbons (Fsp3) is 0.727. The van der Waals surface area contributed by atoms with Gasteiger partial charge in [0.15, 0.2) is 12.1 Å². The summed E-state index contributed by atoms with van der Waals surface area (Å²) in [6.07, 6.45) is -3.64. The minimum absolute atomic E-state index is 0.158. The number of rotatable bonds is 2. The number of nitrogens with zero attached hydrogens (tertiary/aromatic N) is 4. The maximum Gasteiger partial charge on any atom is 0.162 e. The number of hydrogen-bond acceptors (Lipinski definition) is 9. The molecular formula is C11H16N4O5. The van der Waals surface area contributed by atoms with Crippen molar-refractivity contribution in [2.45, 2.75) is 30.6 Å². The average molecular weight is 284 g/mol. The monoisotopic (exact) mass is 284 g/mol. The van der Waals surface area contributed by atoms with Crippen LogP contribution in [0.15, 0.2) is 15.0 Å². The van der Waals surface area contributed by atoms with Crippen molar-refractivity contribution >= 4 is 17.9 Å². The van der Waals surface area contributed by atoms with E-state index in [1.54, 1.807) is 4.90 Å². The van der Waals surface area contributed by atoms with E-state index in [4.69, 9.17) is 9.84 Å². The highest BCUT2D eigenvalue weighted by molar-refractivity contribution is 6.45. The number of aliphatic hydroxyl groups excluding tert-OH is 4. The molecule has 3 aliphatic rings. The number of hydrogen-bond donors (Lipinski definition) is 4. The van der Waals surface area contributed by atoms with Crippen LogP contribution in [0.1, 0.15) is 0 Å². The Kier molecular flexibility index (Phi) is 3.52. The van der Waals surface area contributed by atoms with Crippen molar-refractivity contribution in [2.75, 3.05) is 19.8 Å². The van der Waals surface area contributed by atoms with Crippen LogP contribution in [-0.4, -0.2) is 93.7 Å². The van der Waals surface area contributed by atoms with E-state index in [1.165, 1.54) is 6.34 Å². The molecule has 9 nitrogen and oxygen atoms in total. The number of amidine groups is 1. The molecule has 0 amide bonds. The molecule has 0 spiro atoms. The summed E-state index contributed by atoms with van der Waals surface area (Å²) < 4.78 is 5.44. The zero-order valence-electron chi connectivity index (χ0n) is 10.6. The minimum atomic E-state index is -1.19. The predicted molar refractivity (Wildman–Crippen MR) is 68.7 cm³/mol. The third-order valence-electron chi connectivity index (χ3n) is 3.57. The molecule has 3 aliphatic heterocycles. The van der Waals surface area contributed by atoms with E-state index in [0.717, 1.165) is 0 Å². The van der Waals surface area contributed by atoms with Gasteiger partial charge in [-0.05, 0) is 0 Å². The number of fused-ring (bicyclic) bond motifs is 1. The second-order valence-corrected chi connectivity index (χ2v) is 4.83. The van der Waals surface area contributed by atoms with Gasteiger partial charge in [-0.15, -0.1) is 0 Å². The Morgan fingerprint density at radius 1 is 1.30 bits per heavy atom. The molecule has 0 aromatic heterocycles. The first-order valence-electron chi connectivity index (χ1n) is 6.31. The molecule has 0 aromatic rings. The first-order chi connectivity index (χ1) is 9.63. The number of aliphatic imine (C=N–C) groups is 3. The fourth-order valence-electron chi connectivity index (χ4n) is 2.50. The Morgan fingerprint density at radius 2 is 2.10 bits per heavy atom. The third kappa shape index (κ3) is 2.03. The van der Waals surface area contributed by atoms with Gasteiger partial charge in [0.1, 0.15) is 43.1 Å². The van der Waals surface area contributed by atoms with E-state index in [9.17, 15) is 15.3 Å². The van der Waals surface area contributed by atoms with Gasteiger partial charge in [-0.3, -0.25) is 9.98 Å². The van der Waals surface area contributed by atoms with Gasteiger partial charge in [0.25, 0.3) is 0 Å². The second kappa shape index (κ2) is 5.19. The van der Waals surface area contributed by atoms with E-state index in [2.05, 4.69) is 15.0 Å². The summed E-state index contributed by atoms with van der Waals surface area (Å²) in [5.41, 5.74) is 0.389. The summed E-state index contributed by atoms with van der Waals surface area (Å²) in [6, 6.07) is 0. The zero-order valence-corrected chi connectivity index (χ0v) is 10.6. The maximum atomic E-state index is 10.0. The first kappa shape index (κ1) is 13.6. The third-order valence-corrected chi connectivity index (χ3v) is 3.57. The lowest BCUT2D eigenvalue weighted by molar-refractivity contribution is -0.0688. The van der Waals surface area contributed by atoms with Gasteiger partial charge in [0, 0.05) is 0 Å². The Labute approximate surface area is 114 Å². The standard InChI is InChI=1S/C11H16N4O5/c16-2-6-8(18)9(19)11(20-6)15-4-14-7-5(17)1-12-3-13-10(7)15/h3,5-6,8-9,11,16-19H,1-2,4H2/t5-,6-,8-,9-,11-/m1/s1. The molecule has 0 aliphatic carbocycles. The van der Waals surface area contributed by atoms with Crippen LogP contribution in [-0.2, 0) is 4.74 Å². The van der Waals surface area contributed by atoms with Crippen LogP contribution < -0.4 is 0 Å². The summed E-state index contributed by atoms with van der Waals surface area (Å²) in [4.78, 5) is 13.7. The van der Waals surface area contributed by atoms with Crippen LogP contribution >= 0.6 is 0 Å². The van der Waals surface area contributed by atoms with Gasteiger partial charge in [0.2, 0.25) is 0 Å². The highest BCUT2D eigenvalue weighted by Crippen LogP contribution is 2.26. The smallest absolute Gasteiger partial charge is 0.162 e. The molecule has 0 saturated carbocycles. The Hall–Kier alpha value is -1.39. The Bertz CT molecular complexity index is 479. The van der Waals surface area contributed by atoms with Gasteiger partial charge >= 0.3 is 0 Å². The van der Waals surface area contributed by atoms with Crippen LogP contribution in [0, 0.1) is 0 Å². The van der Waals surface area contributed by atoms with Crippen molar-refractivity contribution in [3.8, 4) is 0 Å². The van der Waals surface area contributed by atoms with Crippen LogP contribution in [0.4, 0.5) is 0 Å². The predicted octanol–water partition coefficient (Wildman–Crippen LogP) is -3.06. The molecule has 5 atom stereocenters. The van der Waals surface area contributed by atoms with Crippen molar-refractivity contribution in [3.63, 3.8) is 0 Å². The summed E-state index contributed by atoms with van der Waals surface area (Å²) in [5, 5.41) is 38.8. The molecule has 110 valence electrons. The van der Waals surface area contributed by atoms with Crippen molar-refractivity contribution < 1.29 is 25.2 Å². The lowest BCUT2D eigenvalue weighted by Crippen LogP contribution is -2.48. The van der Waals surface area contributed by atoms with E-state index in [-0.39, 0.29) is 13.2 Å². The molecule has 4 N–H and O–H groups in total. The lowest BCUT2D eigenvalue weighted by Gasteiger charge is -2.27. The van der Waals surface area contributed by atoms with Crippen molar-refractivity contribution in [1.82, 2.24) is 4.90 Å². The van der Waals surface area contributed by atoms with E-state index in [0.29, 0.717) is 11.5 Å². The normalized spacial score (nSPS) is 40.4. The Balaban J connectivity index is 1.83. The van der Waals surface area contributed by atoms with E-state index < -0.39 is 37.3 Å². The van der Waals surface area contributed by atoms with Crippen LogP contribution in [0.25, 0.3) is 0 Å².